The third kappa shape index (κ3) is 4.11. The van der Waals surface area contributed by atoms with E-state index < -0.39 is 5.97 Å². The lowest BCUT2D eigenvalue weighted by Crippen LogP contribution is -2.05. The predicted molar refractivity (Wildman–Crippen MR) is 92.2 cm³/mol. The van der Waals surface area contributed by atoms with Crippen molar-refractivity contribution >= 4 is 5.97 Å². The number of nitrogens with zero attached hydrogens (tertiary/aromatic N) is 1. The summed E-state index contributed by atoms with van der Waals surface area (Å²) in [6, 6.07) is 7.74. The first kappa shape index (κ1) is 17.9. The SMILES string of the molecule is Cc1cc(OCCCC(=O)O)nc(C)c1-c1cccc(CO)c1C. The highest BCUT2D eigenvalue weighted by Gasteiger charge is 2.13. The first-order valence-corrected chi connectivity index (χ1v) is 7.96. The molecule has 24 heavy (non-hydrogen) atoms. The van der Waals surface area contributed by atoms with Crippen LogP contribution in [0, 0.1) is 20.8 Å². The van der Waals surface area contributed by atoms with Crippen LogP contribution in [-0.4, -0.2) is 27.8 Å². The Morgan fingerprint density at radius 1 is 1.25 bits per heavy atom. The minimum Gasteiger partial charge on any atom is -0.481 e. The molecule has 0 saturated carbocycles. The number of pyridine rings is 1. The number of hydrogen-bond donors (Lipinski definition) is 2. The van der Waals surface area contributed by atoms with Crippen molar-refractivity contribution in [3.8, 4) is 17.0 Å². The van der Waals surface area contributed by atoms with Gasteiger partial charge in [0.1, 0.15) is 0 Å². The molecule has 0 saturated heterocycles. The second-order valence-corrected chi connectivity index (χ2v) is 5.83. The lowest BCUT2D eigenvalue weighted by molar-refractivity contribution is -0.137. The molecule has 5 nitrogen and oxygen atoms in total. The normalized spacial score (nSPS) is 10.7. The minimum atomic E-state index is -0.825. The molecule has 0 unspecified atom stereocenters. The summed E-state index contributed by atoms with van der Waals surface area (Å²) >= 11 is 0. The monoisotopic (exact) mass is 329 g/mol. The van der Waals surface area contributed by atoms with Gasteiger partial charge in [0.15, 0.2) is 0 Å². The van der Waals surface area contributed by atoms with Gasteiger partial charge in [-0.1, -0.05) is 18.2 Å². The summed E-state index contributed by atoms with van der Waals surface area (Å²) in [6.45, 7) is 6.26. The third-order valence-electron chi connectivity index (χ3n) is 4.04. The van der Waals surface area contributed by atoms with Crippen molar-refractivity contribution in [3.63, 3.8) is 0 Å². The average Bonchev–Trinajstić information content (AvgIpc) is 2.52. The van der Waals surface area contributed by atoms with Crippen molar-refractivity contribution in [1.82, 2.24) is 4.98 Å². The molecule has 0 radical (unpaired) electrons. The van der Waals surface area contributed by atoms with Crippen LogP contribution in [0.3, 0.4) is 0 Å². The molecule has 1 aromatic carbocycles. The smallest absolute Gasteiger partial charge is 0.303 e. The first-order chi connectivity index (χ1) is 11.4. The van der Waals surface area contributed by atoms with Crippen LogP contribution in [0.15, 0.2) is 24.3 Å². The van der Waals surface area contributed by atoms with Crippen molar-refractivity contribution in [2.45, 2.75) is 40.2 Å². The van der Waals surface area contributed by atoms with Gasteiger partial charge in [0.25, 0.3) is 0 Å². The van der Waals surface area contributed by atoms with E-state index in [4.69, 9.17) is 9.84 Å². The number of rotatable bonds is 7. The first-order valence-electron chi connectivity index (χ1n) is 7.96. The zero-order chi connectivity index (χ0) is 17.7. The summed E-state index contributed by atoms with van der Waals surface area (Å²) < 4.78 is 5.57. The molecule has 128 valence electrons. The Morgan fingerprint density at radius 3 is 2.62 bits per heavy atom. The van der Waals surface area contributed by atoms with Crippen molar-refractivity contribution in [3.05, 3.63) is 46.6 Å². The van der Waals surface area contributed by atoms with E-state index in [0.29, 0.717) is 18.9 Å². The molecule has 0 atom stereocenters. The molecule has 0 aliphatic carbocycles. The van der Waals surface area contributed by atoms with E-state index in [0.717, 1.165) is 33.5 Å². The van der Waals surface area contributed by atoms with Crippen LogP contribution in [0.25, 0.3) is 11.1 Å². The Hall–Kier alpha value is -2.40. The van der Waals surface area contributed by atoms with Crippen LogP contribution in [0.2, 0.25) is 0 Å². The number of carboxylic acid groups (broad SMARTS) is 1. The maximum absolute atomic E-state index is 10.5. The summed E-state index contributed by atoms with van der Waals surface area (Å²) in [7, 11) is 0. The summed E-state index contributed by atoms with van der Waals surface area (Å²) in [4.78, 5) is 15.0. The van der Waals surface area contributed by atoms with E-state index in [-0.39, 0.29) is 13.0 Å². The molecule has 2 N–H and O–H groups in total. The van der Waals surface area contributed by atoms with Gasteiger partial charge in [0.2, 0.25) is 5.88 Å². The number of aliphatic hydroxyl groups is 1. The molecule has 0 aliphatic rings. The third-order valence-corrected chi connectivity index (χ3v) is 4.04. The highest BCUT2D eigenvalue weighted by Crippen LogP contribution is 2.32. The summed E-state index contributed by atoms with van der Waals surface area (Å²) in [6.07, 6.45) is 0.539. The number of hydrogen-bond acceptors (Lipinski definition) is 4. The largest absolute Gasteiger partial charge is 0.481 e. The van der Waals surface area contributed by atoms with Gasteiger partial charge in [-0.2, -0.15) is 0 Å². The topological polar surface area (TPSA) is 79.7 Å². The Balaban J connectivity index is 2.26. The molecule has 0 spiro atoms. The van der Waals surface area contributed by atoms with Gasteiger partial charge in [-0.3, -0.25) is 4.79 Å². The maximum atomic E-state index is 10.5. The van der Waals surface area contributed by atoms with Crippen LogP contribution in [0.4, 0.5) is 0 Å². The van der Waals surface area contributed by atoms with Gasteiger partial charge >= 0.3 is 5.97 Å². The molecule has 5 heteroatoms. The van der Waals surface area contributed by atoms with Crippen LogP contribution >= 0.6 is 0 Å². The summed E-state index contributed by atoms with van der Waals surface area (Å²) in [5.74, 6) is -0.316. The Labute approximate surface area is 141 Å². The van der Waals surface area contributed by atoms with Crippen molar-refractivity contribution in [2.75, 3.05) is 6.61 Å². The van der Waals surface area contributed by atoms with E-state index in [1.165, 1.54) is 0 Å². The number of aliphatic hydroxyl groups excluding tert-OH is 1. The maximum Gasteiger partial charge on any atom is 0.303 e. The lowest BCUT2D eigenvalue weighted by Gasteiger charge is -2.16. The highest BCUT2D eigenvalue weighted by atomic mass is 16.5. The number of ether oxygens (including phenoxy) is 1. The fourth-order valence-electron chi connectivity index (χ4n) is 2.80. The Bertz CT molecular complexity index is 717. The molecular weight excluding hydrogens is 306 g/mol. The quantitative estimate of drug-likeness (QED) is 0.761. The zero-order valence-corrected chi connectivity index (χ0v) is 14.3. The molecule has 2 rings (SSSR count). The Morgan fingerprint density at radius 2 is 2.00 bits per heavy atom. The van der Waals surface area contributed by atoms with Gasteiger partial charge in [0.05, 0.1) is 13.2 Å². The van der Waals surface area contributed by atoms with Crippen molar-refractivity contribution in [1.29, 1.82) is 0 Å². The number of carboxylic acids is 1. The zero-order valence-electron chi connectivity index (χ0n) is 14.3. The minimum absolute atomic E-state index is 0.00989. The van der Waals surface area contributed by atoms with E-state index in [1.807, 2.05) is 45.0 Å². The second-order valence-electron chi connectivity index (χ2n) is 5.83. The van der Waals surface area contributed by atoms with Crippen molar-refractivity contribution < 1.29 is 19.7 Å². The van der Waals surface area contributed by atoms with E-state index in [9.17, 15) is 9.90 Å². The van der Waals surface area contributed by atoms with Crippen molar-refractivity contribution in [2.24, 2.45) is 0 Å². The molecule has 0 bridgehead atoms. The molecular formula is C19H23NO4. The molecule has 0 fully saturated rings. The Kier molecular flexibility index (Phi) is 5.93. The van der Waals surface area contributed by atoms with Crippen LogP contribution in [0.1, 0.15) is 35.2 Å². The van der Waals surface area contributed by atoms with E-state index >= 15 is 0 Å². The highest BCUT2D eigenvalue weighted by molar-refractivity contribution is 5.73. The standard InChI is InChI=1S/C19H23NO4/c1-12-10-17(24-9-5-8-18(22)23)20-14(3)19(12)16-7-4-6-15(11-21)13(16)2/h4,6-7,10,21H,5,8-9,11H2,1-3H3,(H,22,23). The van der Waals surface area contributed by atoms with Gasteiger partial charge in [-0.15, -0.1) is 0 Å². The molecule has 1 aromatic heterocycles. The number of carbonyl (C=O) groups is 1. The number of aliphatic carboxylic acids is 1. The molecule has 1 heterocycles. The molecule has 2 aromatic rings. The van der Waals surface area contributed by atoms with E-state index in [1.54, 1.807) is 0 Å². The average molecular weight is 329 g/mol. The number of aromatic nitrogens is 1. The summed E-state index contributed by atoms with van der Waals surface area (Å²) in [5.41, 5.74) is 5.93. The lowest BCUT2D eigenvalue weighted by atomic mass is 9.93. The van der Waals surface area contributed by atoms with Gasteiger partial charge in [-0.25, -0.2) is 4.98 Å². The van der Waals surface area contributed by atoms with Crippen LogP contribution < -0.4 is 4.74 Å². The summed E-state index contributed by atoms with van der Waals surface area (Å²) in [5, 5.41) is 18.1. The fraction of sp³-hybridized carbons (Fsp3) is 0.368. The van der Waals surface area contributed by atoms with Crippen LogP contribution in [-0.2, 0) is 11.4 Å². The molecule has 0 amide bonds. The van der Waals surface area contributed by atoms with E-state index in [2.05, 4.69) is 4.98 Å². The molecule has 0 aliphatic heterocycles. The van der Waals surface area contributed by atoms with Crippen LogP contribution in [0.5, 0.6) is 5.88 Å². The van der Waals surface area contributed by atoms with Gasteiger partial charge < -0.3 is 14.9 Å². The fourth-order valence-corrected chi connectivity index (χ4v) is 2.80. The predicted octanol–water partition coefficient (Wildman–Crippen LogP) is 3.41. The second kappa shape index (κ2) is 7.93. The number of benzene rings is 1. The van der Waals surface area contributed by atoms with Gasteiger partial charge in [0, 0.05) is 23.7 Å². The van der Waals surface area contributed by atoms with Gasteiger partial charge in [-0.05, 0) is 49.4 Å². The number of aryl methyl sites for hydroxylation is 2.